The Bertz CT molecular complexity index is 1130. The highest BCUT2D eigenvalue weighted by Gasteiger charge is 2.38. The van der Waals surface area contributed by atoms with Gasteiger partial charge >= 0.3 is 0 Å². The van der Waals surface area contributed by atoms with Crippen LogP contribution in [0.15, 0.2) is 64.0 Å². The first-order valence-electron chi connectivity index (χ1n) is 10.4. The van der Waals surface area contributed by atoms with Gasteiger partial charge in [0.25, 0.3) is 11.5 Å². The summed E-state index contributed by atoms with van der Waals surface area (Å²) in [5.41, 5.74) is 4.40. The number of carbonyl (C=O) groups is 1. The van der Waals surface area contributed by atoms with Gasteiger partial charge in [-0.25, -0.2) is 0 Å². The Kier molecular flexibility index (Phi) is 4.50. The number of rotatable bonds is 3. The number of piperidine rings is 1. The molecule has 154 valence electrons. The predicted octanol–water partition coefficient (Wildman–Crippen LogP) is 3.43. The maximum Gasteiger partial charge on any atom is 0.289 e. The summed E-state index contributed by atoms with van der Waals surface area (Å²) in [5.74, 6) is 0.714. The van der Waals surface area contributed by atoms with Gasteiger partial charge < -0.3 is 18.8 Å². The molecule has 2 aliphatic heterocycles. The fraction of sp³-hybridized carbons (Fsp3) is 0.333. The number of anilines is 1. The van der Waals surface area contributed by atoms with Crippen LogP contribution in [0.5, 0.6) is 0 Å². The van der Waals surface area contributed by atoms with Crippen LogP contribution in [0.25, 0.3) is 11.1 Å². The molecule has 0 saturated carbocycles. The number of carbonyl (C=O) groups excluding carboxylic acids is 1. The van der Waals surface area contributed by atoms with Crippen LogP contribution < -0.4 is 10.5 Å². The van der Waals surface area contributed by atoms with Gasteiger partial charge in [0.1, 0.15) is 0 Å². The second kappa shape index (κ2) is 7.20. The van der Waals surface area contributed by atoms with Crippen molar-refractivity contribution in [1.29, 1.82) is 0 Å². The van der Waals surface area contributed by atoms with Crippen LogP contribution in [0.1, 0.15) is 28.6 Å². The summed E-state index contributed by atoms with van der Waals surface area (Å²) >= 11 is 0. The van der Waals surface area contributed by atoms with E-state index in [9.17, 15) is 9.59 Å². The topological polar surface area (TPSA) is 58.7 Å². The van der Waals surface area contributed by atoms with E-state index in [1.165, 1.54) is 6.26 Å². The number of likely N-dealkylation sites (tertiary alicyclic amines) is 1. The molecule has 6 nitrogen and oxygen atoms in total. The van der Waals surface area contributed by atoms with Crippen molar-refractivity contribution in [2.24, 2.45) is 5.92 Å². The number of fused-ring (bicyclic) bond motifs is 4. The van der Waals surface area contributed by atoms with Crippen molar-refractivity contribution in [3.05, 3.63) is 76.6 Å². The lowest BCUT2D eigenvalue weighted by Gasteiger charge is -2.43. The molecule has 1 saturated heterocycles. The van der Waals surface area contributed by atoms with Gasteiger partial charge in [0.05, 0.1) is 6.26 Å². The second-order valence-corrected chi connectivity index (χ2v) is 8.51. The van der Waals surface area contributed by atoms with Crippen molar-refractivity contribution in [3.8, 4) is 11.1 Å². The van der Waals surface area contributed by atoms with Crippen LogP contribution in [0.3, 0.4) is 0 Å². The third-order valence-electron chi connectivity index (χ3n) is 6.30. The zero-order valence-electron chi connectivity index (χ0n) is 17.2. The molecule has 2 bridgehead atoms. The van der Waals surface area contributed by atoms with Crippen LogP contribution >= 0.6 is 0 Å². The van der Waals surface area contributed by atoms with E-state index in [0.717, 1.165) is 28.9 Å². The van der Waals surface area contributed by atoms with Crippen molar-refractivity contribution in [1.82, 2.24) is 9.47 Å². The van der Waals surface area contributed by atoms with Gasteiger partial charge in [0.15, 0.2) is 5.76 Å². The average Bonchev–Trinajstić information content (AvgIpc) is 3.29. The van der Waals surface area contributed by atoms with Crippen LogP contribution in [-0.2, 0) is 6.54 Å². The molecule has 2 aromatic heterocycles. The molecule has 0 aliphatic carbocycles. The van der Waals surface area contributed by atoms with E-state index in [1.807, 2.05) is 29.6 Å². The lowest BCUT2D eigenvalue weighted by molar-refractivity contribution is 0.0564. The minimum Gasteiger partial charge on any atom is -0.459 e. The SMILES string of the molecule is CN(C)c1ccc(-c2ccc(=O)n3c2[C@@H]2C[C@@H](CN(C(=O)c4ccco4)C2)C3)cc1. The largest absolute Gasteiger partial charge is 0.459 e. The first-order valence-corrected chi connectivity index (χ1v) is 10.4. The average molecular weight is 403 g/mol. The molecule has 0 unspecified atom stereocenters. The minimum absolute atomic E-state index is 0.0409. The van der Waals surface area contributed by atoms with Crippen molar-refractivity contribution in [2.45, 2.75) is 18.9 Å². The van der Waals surface area contributed by atoms with Gasteiger partial charge in [-0.2, -0.15) is 0 Å². The van der Waals surface area contributed by atoms with E-state index >= 15 is 0 Å². The summed E-state index contributed by atoms with van der Waals surface area (Å²) in [7, 11) is 4.04. The van der Waals surface area contributed by atoms with E-state index in [1.54, 1.807) is 18.2 Å². The fourth-order valence-corrected chi connectivity index (χ4v) is 4.92. The number of nitrogens with zero attached hydrogens (tertiary/aromatic N) is 3. The van der Waals surface area contributed by atoms with Gasteiger partial charge in [-0.15, -0.1) is 0 Å². The molecule has 1 amide bonds. The standard InChI is InChI=1S/C24H25N3O3/c1-25(2)19-7-5-17(6-8-19)20-9-10-22(28)27-14-16-12-18(23(20)27)15-26(13-16)24(29)21-4-3-11-30-21/h3-11,16,18H,12-15H2,1-2H3/t16-,18+/m0/s1. The number of hydrogen-bond donors (Lipinski definition) is 0. The minimum atomic E-state index is -0.0710. The molecule has 2 aliphatic rings. The highest BCUT2D eigenvalue weighted by atomic mass is 16.3. The Hall–Kier alpha value is -3.28. The summed E-state index contributed by atoms with van der Waals surface area (Å²) < 4.78 is 7.27. The Morgan fingerprint density at radius 2 is 1.83 bits per heavy atom. The maximum atomic E-state index is 12.9. The Balaban J connectivity index is 1.53. The molecule has 0 radical (unpaired) electrons. The first kappa shape index (κ1) is 18.7. The van der Waals surface area contributed by atoms with Gasteiger partial charge in [0, 0.05) is 62.7 Å². The first-order chi connectivity index (χ1) is 14.5. The zero-order chi connectivity index (χ0) is 20.8. The lowest BCUT2D eigenvalue weighted by atomic mass is 9.80. The van der Waals surface area contributed by atoms with Gasteiger partial charge in [-0.3, -0.25) is 9.59 Å². The quantitative estimate of drug-likeness (QED) is 0.672. The molecule has 1 fully saturated rings. The smallest absolute Gasteiger partial charge is 0.289 e. The number of pyridine rings is 1. The third-order valence-corrected chi connectivity index (χ3v) is 6.30. The Morgan fingerprint density at radius 3 is 2.53 bits per heavy atom. The van der Waals surface area contributed by atoms with Gasteiger partial charge in [-0.1, -0.05) is 12.1 Å². The third kappa shape index (κ3) is 3.12. The zero-order valence-corrected chi connectivity index (χ0v) is 17.2. The number of amides is 1. The van der Waals surface area contributed by atoms with Gasteiger partial charge in [0.2, 0.25) is 0 Å². The number of benzene rings is 1. The normalized spacial score (nSPS) is 20.0. The summed E-state index contributed by atoms with van der Waals surface area (Å²) in [6.45, 7) is 1.90. The van der Waals surface area contributed by atoms with Gasteiger partial charge in [-0.05, 0) is 48.2 Å². The summed E-state index contributed by atoms with van der Waals surface area (Å²) in [5, 5.41) is 0. The van der Waals surface area contributed by atoms with E-state index in [2.05, 4.69) is 29.2 Å². The van der Waals surface area contributed by atoms with Crippen LogP contribution in [-0.4, -0.2) is 42.6 Å². The number of furan rings is 1. The Morgan fingerprint density at radius 1 is 1.03 bits per heavy atom. The molecule has 0 spiro atoms. The molecule has 2 atom stereocenters. The van der Waals surface area contributed by atoms with Crippen LogP contribution in [0.2, 0.25) is 0 Å². The number of hydrogen-bond acceptors (Lipinski definition) is 4. The van der Waals surface area contributed by atoms with Crippen molar-refractivity contribution >= 4 is 11.6 Å². The summed E-state index contributed by atoms with van der Waals surface area (Å²) in [4.78, 5) is 29.5. The van der Waals surface area contributed by atoms with Crippen LogP contribution in [0.4, 0.5) is 5.69 Å². The molecule has 5 rings (SSSR count). The van der Waals surface area contributed by atoms with E-state index < -0.39 is 0 Å². The lowest BCUT2D eigenvalue weighted by Crippen LogP contribution is -2.49. The van der Waals surface area contributed by atoms with Crippen LogP contribution in [0, 0.1) is 5.92 Å². The monoisotopic (exact) mass is 403 g/mol. The molecular formula is C24H25N3O3. The highest BCUT2D eigenvalue weighted by molar-refractivity contribution is 5.91. The predicted molar refractivity (Wildman–Crippen MR) is 116 cm³/mol. The number of aromatic nitrogens is 1. The highest BCUT2D eigenvalue weighted by Crippen LogP contribution is 2.40. The maximum absolute atomic E-state index is 12.9. The molecule has 4 heterocycles. The molecule has 1 aromatic carbocycles. The van der Waals surface area contributed by atoms with Crippen molar-refractivity contribution < 1.29 is 9.21 Å². The van der Waals surface area contributed by atoms with Crippen molar-refractivity contribution in [3.63, 3.8) is 0 Å². The Labute approximate surface area is 175 Å². The summed E-state index contributed by atoms with van der Waals surface area (Å²) in [6.07, 6.45) is 2.52. The molecule has 30 heavy (non-hydrogen) atoms. The molecule has 3 aromatic rings. The summed E-state index contributed by atoms with van der Waals surface area (Å²) in [6, 6.07) is 15.5. The second-order valence-electron chi connectivity index (χ2n) is 8.51. The van der Waals surface area contributed by atoms with E-state index in [-0.39, 0.29) is 23.3 Å². The van der Waals surface area contributed by atoms with E-state index in [0.29, 0.717) is 25.4 Å². The van der Waals surface area contributed by atoms with E-state index in [4.69, 9.17) is 4.42 Å². The molecule has 0 N–H and O–H groups in total. The fourth-order valence-electron chi connectivity index (χ4n) is 4.92. The molecular weight excluding hydrogens is 378 g/mol. The molecule has 6 heteroatoms. The van der Waals surface area contributed by atoms with Crippen molar-refractivity contribution in [2.75, 3.05) is 32.1 Å².